The van der Waals surface area contributed by atoms with E-state index < -0.39 is 0 Å². The van der Waals surface area contributed by atoms with E-state index in [9.17, 15) is 9.59 Å². The van der Waals surface area contributed by atoms with Gasteiger partial charge in [-0.3, -0.25) is 9.59 Å². The summed E-state index contributed by atoms with van der Waals surface area (Å²) in [5, 5.41) is 2.75. The zero-order chi connectivity index (χ0) is 15.1. The number of hydrogen-bond acceptors (Lipinski definition) is 4. The highest BCUT2D eigenvalue weighted by molar-refractivity contribution is 5.79. The zero-order valence-electron chi connectivity index (χ0n) is 11.4. The molecule has 108 valence electrons. The lowest BCUT2D eigenvalue weighted by Gasteiger charge is -2.09. The van der Waals surface area contributed by atoms with Crippen molar-refractivity contribution in [3.05, 3.63) is 59.7 Å². The van der Waals surface area contributed by atoms with Gasteiger partial charge in [0.2, 0.25) is 0 Å². The Labute approximate surface area is 122 Å². The van der Waals surface area contributed by atoms with Gasteiger partial charge in [0.15, 0.2) is 6.61 Å². The third-order valence-electron chi connectivity index (χ3n) is 2.86. The molecule has 0 unspecified atom stereocenters. The Morgan fingerprint density at radius 3 is 2.62 bits per heavy atom. The highest BCUT2D eigenvalue weighted by atomic mass is 16.5. The average Bonchev–Trinajstić information content (AvgIpc) is 2.52. The molecule has 0 saturated carbocycles. The molecule has 2 rings (SSSR count). The number of rotatable bonds is 6. The maximum absolute atomic E-state index is 11.7. The molecule has 0 aromatic heterocycles. The van der Waals surface area contributed by atoms with Crippen molar-refractivity contribution in [2.75, 3.05) is 12.3 Å². The Bertz CT molecular complexity index is 627. The fourth-order valence-corrected chi connectivity index (χ4v) is 1.76. The molecule has 0 aliphatic carbocycles. The van der Waals surface area contributed by atoms with E-state index in [0.29, 0.717) is 29.8 Å². The Kier molecular flexibility index (Phi) is 4.93. The fourth-order valence-electron chi connectivity index (χ4n) is 1.76. The van der Waals surface area contributed by atoms with Crippen LogP contribution in [0.25, 0.3) is 0 Å². The monoisotopic (exact) mass is 284 g/mol. The van der Waals surface area contributed by atoms with Gasteiger partial charge in [0.1, 0.15) is 12.0 Å². The number of nitrogens with one attached hydrogen (secondary N) is 1. The SMILES string of the molecule is Nc1cc(C=O)ccc1OCC(=O)NCc1ccccc1. The molecule has 0 radical (unpaired) electrons. The van der Waals surface area contributed by atoms with Gasteiger partial charge >= 0.3 is 0 Å². The van der Waals surface area contributed by atoms with Gasteiger partial charge in [0.05, 0.1) is 5.69 Å². The van der Waals surface area contributed by atoms with E-state index in [1.807, 2.05) is 30.3 Å². The molecule has 5 nitrogen and oxygen atoms in total. The minimum Gasteiger partial charge on any atom is -0.482 e. The van der Waals surface area contributed by atoms with Crippen molar-refractivity contribution in [3.63, 3.8) is 0 Å². The first kappa shape index (κ1) is 14.6. The Hall–Kier alpha value is -2.82. The summed E-state index contributed by atoms with van der Waals surface area (Å²) >= 11 is 0. The number of carbonyl (C=O) groups excluding carboxylic acids is 2. The maximum atomic E-state index is 11.7. The lowest BCUT2D eigenvalue weighted by molar-refractivity contribution is -0.123. The van der Waals surface area contributed by atoms with Gasteiger partial charge in [-0.15, -0.1) is 0 Å². The summed E-state index contributed by atoms with van der Waals surface area (Å²) in [5.41, 5.74) is 7.54. The fraction of sp³-hybridized carbons (Fsp3) is 0.125. The number of nitrogens with two attached hydrogens (primary N) is 1. The maximum Gasteiger partial charge on any atom is 0.258 e. The van der Waals surface area contributed by atoms with E-state index in [2.05, 4.69) is 5.32 Å². The molecule has 2 aromatic carbocycles. The van der Waals surface area contributed by atoms with E-state index in [1.54, 1.807) is 12.1 Å². The standard InChI is InChI=1S/C16H16N2O3/c17-14-8-13(10-19)6-7-15(14)21-11-16(20)18-9-12-4-2-1-3-5-12/h1-8,10H,9,11,17H2,(H,18,20). The van der Waals surface area contributed by atoms with Gasteiger partial charge in [-0.25, -0.2) is 0 Å². The number of hydrogen-bond donors (Lipinski definition) is 2. The first-order valence-corrected chi connectivity index (χ1v) is 6.47. The van der Waals surface area contributed by atoms with Crippen LogP contribution in [0.5, 0.6) is 5.75 Å². The summed E-state index contributed by atoms with van der Waals surface area (Å²) in [6, 6.07) is 14.3. The van der Waals surface area contributed by atoms with Gasteiger partial charge in [-0.1, -0.05) is 30.3 Å². The molecule has 0 atom stereocenters. The van der Waals surface area contributed by atoms with Crippen molar-refractivity contribution in [3.8, 4) is 5.75 Å². The summed E-state index contributed by atoms with van der Waals surface area (Å²) < 4.78 is 5.33. The minimum atomic E-state index is -0.238. The largest absolute Gasteiger partial charge is 0.482 e. The molecule has 0 aliphatic heterocycles. The topological polar surface area (TPSA) is 81.4 Å². The number of nitrogen functional groups attached to an aromatic ring is 1. The van der Waals surface area contributed by atoms with Crippen LogP contribution < -0.4 is 15.8 Å². The van der Waals surface area contributed by atoms with Crippen molar-refractivity contribution in [2.24, 2.45) is 0 Å². The van der Waals surface area contributed by atoms with Crippen LogP contribution in [-0.4, -0.2) is 18.8 Å². The first-order valence-electron chi connectivity index (χ1n) is 6.47. The van der Waals surface area contributed by atoms with Crippen LogP contribution in [0.2, 0.25) is 0 Å². The molecule has 0 saturated heterocycles. The number of benzene rings is 2. The summed E-state index contributed by atoms with van der Waals surface area (Å²) in [6.45, 7) is 0.320. The normalized spacial score (nSPS) is 9.90. The Morgan fingerprint density at radius 1 is 1.19 bits per heavy atom. The van der Waals surface area contributed by atoms with Crippen LogP contribution in [0.15, 0.2) is 48.5 Å². The van der Waals surface area contributed by atoms with Gasteiger partial charge < -0.3 is 15.8 Å². The summed E-state index contributed by atoms with van der Waals surface area (Å²) in [6.07, 6.45) is 0.701. The van der Waals surface area contributed by atoms with E-state index in [1.165, 1.54) is 6.07 Å². The molecule has 1 amide bonds. The zero-order valence-corrected chi connectivity index (χ0v) is 11.4. The summed E-state index contributed by atoms with van der Waals surface area (Å²) in [7, 11) is 0. The smallest absolute Gasteiger partial charge is 0.258 e. The number of amides is 1. The Balaban J connectivity index is 1.82. The van der Waals surface area contributed by atoms with E-state index >= 15 is 0 Å². The second-order valence-corrected chi connectivity index (χ2v) is 4.47. The highest BCUT2D eigenvalue weighted by Crippen LogP contribution is 2.21. The van der Waals surface area contributed by atoms with Crippen LogP contribution in [-0.2, 0) is 11.3 Å². The van der Waals surface area contributed by atoms with Crippen LogP contribution in [0.1, 0.15) is 15.9 Å². The lowest BCUT2D eigenvalue weighted by Crippen LogP contribution is -2.28. The summed E-state index contributed by atoms with van der Waals surface area (Å²) in [5.74, 6) is 0.146. The highest BCUT2D eigenvalue weighted by Gasteiger charge is 2.06. The van der Waals surface area contributed by atoms with Gasteiger partial charge in [-0.05, 0) is 23.8 Å². The van der Waals surface area contributed by atoms with E-state index in [4.69, 9.17) is 10.5 Å². The number of anilines is 1. The van der Waals surface area contributed by atoms with E-state index in [-0.39, 0.29) is 12.5 Å². The predicted molar refractivity (Wildman–Crippen MR) is 80.0 cm³/mol. The quantitative estimate of drug-likeness (QED) is 0.626. The minimum absolute atomic E-state index is 0.128. The molecule has 5 heteroatoms. The molecular formula is C16H16N2O3. The molecule has 0 spiro atoms. The van der Waals surface area contributed by atoms with Crippen LogP contribution in [0.4, 0.5) is 5.69 Å². The van der Waals surface area contributed by atoms with Gasteiger partial charge in [0, 0.05) is 12.1 Å². The average molecular weight is 284 g/mol. The van der Waals surface area contributed by atoms with E-state index in [0.717, 1.165) is 5.56 Å². The first-order chi connectivity index (χ1) is 10.2. The van der Waals surface area contributed by atoms with Gasteiger partial charge in [0.25, 0.3) is 5.91 Å². The molecule has 0 aliphatic rings. The molecule has 3 N–H and O–H groups in total. The van der Waals surface area contributed by atoms with Crippen LogP contribution >= 0.6 is 0 Å². The molecule has 21 heavy (non-hydrogen) atoms. The van der Waals surface area contributed by atoms with Gasteiger partial charge in [-0.2, -0.15) is 0 Å². The Morgan fingerprint density at radius 2 is 1.95 bits per heavy atom. The lowest BCUT2D eigenvalue weighted by atomic mass is 10.2. The molecule has 0 fully saturated rings. The van der Waals surface area contributed by atoms with Crippen molar-refractivity contribution < 1.29 is 14.3 Å². The second-order valence-electron chi connectivity index (χ2n) is 4.47. The van der Waals surface area contributed by atoms with Crippen LogP contribution in [0.3, 0.4) is 0 Å². The molecular weight excluding hydrogens is 268 g/mol. The van der Waals surface area contributed by atoms with Crippen molar-refractivity contribution in [2.45, 2.75) is 6.54 Å². The molecule has 0 bridgehead atoms. The number of aldehydes is 1. The third kappa shape index (κ3) is 4.35. The summed E-state index contributed by atoms with van der Waals surface area (Å²) in [4.78, 5) is 22.3. The number of carbonyl (C=O) groups is 2. The predicted octanol–water partition coefficient (Wildman–Crippen LogP) is 1.78. The second kappa shape index (κ2) is 7.09. The number of ether oxygens (including phenoxy) is 1. The molecule has 0 heterocycles. The van der Waals surface area contributed by atoms with Crippen molar-refractivity contribution in [1.82, 2.24) is 5.32 Å². The molecule has 2 aromatic rings. The van der Waals surface area contributed by atoms with Crippen molar-refractivity contribution in [1.29, 1.82) is 0 Å². The van der Waals surface area contributed by atoms with Crippen molar-refractivity contribution >= 4 is 17.9 Å². The third-order valence-corrected chi connectivity index (χ3v) is 2.86. The van der Waals surface area contributed by atoms with Crippen LogP contribution in [0, 0.1) is 0 Å².